The second kappa shape index (κ2) is 5.40. The molecule has 0 bridgehead atoms. The summed E-state index contributed by atoms with van der Waals surface area (Å²) in [7, 11) is 0. The van der Waals surface area contributed by atoms with Crippen LogP contribution < -0.4 is 4.57 Å². The van der Waals surface area contributed by atoms with E-state index >= 15 is 0 Å². The van der Waals surface area contributed by atoms with E-state index in [0.717, 1.165) is 18.8 Å². The molecule has 1 aromatic heterocycles. The van der Waals surface area contributed by atoms with E-state index in [1.54, 1.807) is 0 Å². The molecule has 0 aliphatic rings. The minimum absolute atomic E-state index is 0.160. The van der Waals surface area contributed by atoms with Crippen molar-refractivity contribution in [2.24, 2.45) is 0 Å². The summed E-state index contributed by atoms with van der Waals surface area (Å²) >= 11 is 0. The molecule has 0 radical (unpaired) electrons. The van der Waals surface area contributed by atoms with Crippen molar-refractivity contribution in [2.45, 2.75) is 19.5 Å². The number of nitrogens with zero attached hydrogens (tertiary/aromatic N) is 2. The molecule has 76 valence electrons. The Bertz CT molecular complexity index is 315. The van der Waals surface area contributed by atoms with Gasteiger partial charge >= 0.3 is 0 Å². The third kappa shape index (κ3) is 2.33. The summed E-state index contributed by atoms with van der Waals surface area (Å²) in [5.74, 6) is 1.15. The maximum absolute atomic E-state index is 8.88. The van der Waals surface area contributed by atoms with Crippen molar-refractivity contribution < 1.29 is 9.67 Å². The van der Waals surface area contributed by atoms with Crippen molar-refractivity contribution in [1.29, 1.82) is 0 Å². The van der Waals surface area contributed by atoms with Crippen LogP contribution in [0.3, 0.4) is 0 Å². The predicted molar refractivity (Wildman–Crippen MR) is 55.8 cm³/mol. The Morgan fingerprint density at radius 3 is 2.79 bits per heavy atom. The van der Waals surface area contributed by atoms with Gasteiger partial charge in [-0.1, -0.05) is 18.7 Å². The predicted octanol–water partition coefficient (Wildman–Crippen LogP) is 0.682. The minimum Gasteiger partial charge on any atom is -0.392 e. The third-order valence-corrected chi connectivity index (χ3v) is 2.08. The largest absolute Gasteiger partial charge is 0.392 e. The molecule has 0 spiro atoms. The molecule has 0 saturated heterocycles. The molecule has 0 amide bonds. The second-order valence-corrected chi connectivity index (χ2v) is 3.07. The molecule has 0 unspecified atom stereocenters. The average Bonchev–Trinajstić information content (AvgIpc) is 2.52. The Kier molecular flexibility index (Phi) is 4.13. The highest BCUT2D eigenvalue weighted by molar-refractivity contribution is 4.92. The first-order valence-corrected chi connectivity index (χ1v) is 4.73. The lowest BCUT2D eigenvalue weighted by Gasteiger charge is -1.99. The lowest BCUT2D eigenvalue weighted by atomic mass is 10.4. The van der Waals surface area contributed by atoms with Crippen LogP contribution in [0, 0.1) is 0 Å². The summed E-state index contributed by atoms with van der Waals surface area (Å²) < 4.78 is 4.13. The van der Waals surface area contributed by atoms with Crippen LogP contribution in [-0.2, 0) is 19.5 Å². The maximum Gasteiger partial charge on any atom is 0.260 e. The summed E-state index contributed by atoms with van der Waals surface area (Å²) in [5.41, 5.74) is 0. The van der Waals surface area contributed by atoms with E-state index in [2.05, 4.69) is 17.7 Å². The topological polar surface area (TPSA) is 29.0 Å². The van der Waals surface area contributed by atoms with Gasteiger partial charge in [0.25, 0.3) is 5.82 Å². The summed E-state index contributed by atoms with van der Waals surface area (Å²) in [6, 6.07) is 0. The number of hydrogen-bond donors (Lipinski definition) is 1. The van der Waals surface area contributed by atoms with Crippen molar-refractivity contribution in [2.75, 3.05) is 6.61 Å². The number of aliphatic hydroxyl groups is 1. The highest BCUT2D eigenvalue weighted by Gasteiger charge is 2.13. The number of aliphatic hydroxyl groups excluding tert-OH is 1. The van der Waals surface area contributed by atoms with Crippen LogP contribution in [0.2, 0.25) is 0 Å². The summed E-state index contributed by atoms with van der Waals surface area (Å²) in [6.45, 7) is 9.02. The first-order chi connectivity index (χ1) is 6.83. The number of aromatic nitrogens is 2. The van der Waals surface area contributed by atoms with Crippen LogP contribution in [0.5, 0.6) is 0 Å². The van der Waals surface area contributed by atoms with Crippen LogP contribution in [0.25, 0.3) is 0 Å². The molecule has 0 aliphatic heterocycles. The molecular weight excluding hydrogens is 176 g/mol. The highest BCUT2D eigenvalue weighted by Crippen LogP contribution is 1.98. The molecule has 0 aromatic carbocycles. The van der Waals surface area contributed by atoms with Crippen LogP contribution in [-0.4, -0.2) is 16.3 Å². The average molecular weight is 193 g/mol. The van der Waals surface area contributed by atoms with E-state index in [1.807, 2.05) is 29.1 Å². The van der Waals surface area contributed by atoms with Crippen LogP contribution in [0.1, 0.15) is 5.82 Å². The van der Waals surface area contributed by atoms with E-state index in [1.165, 1.54) is 0 Å². The van der Waals surface area contributed by atoms with E-state index < -0.39 is 0 Å². The first-order valence-electron chi connectivity index (χ1n) is 4.73. The van der Waals surface area contributed by atoms with Gasteiger partial charge in [0.2, 0.25) is 0 Å². The van der Waals surface area contributed by atoms with Gasteiger partial charge in [0.05, 0.1) is 13.0 Å². The van der Waals surface area contributed by atoms with E-state index in [4.69, 9.17) is 5.11 Å². The van der Waals surface area contributed by atoms with Gasteiger partial charge in [-0.2, -0.15) is 0 Å². The Balaban J connectivity index is 2.92. The summed E-state index contributed by atoms with van der Waals surface area (Å²) in [4.78, 5) is 0. The first kappa shape index (κ1) is 10.7. The highest BCUT2D eigenvalue weighted by atomic mass is 16.3. The number of allylic oxidation sites excluding steroid dienone is 2. The van der Waals surface area contributed by atoms with Crippen LogP contribution in [0.15, 0.2) is 37.7 Å². The zero-order valence-corrected chi connectivity index (χ0v) is 8.39. The molecule has 1 aromatic rings. The van der Waals surface area contributed by atoms with E-state index in [0.29, 0.717) is 6.54 Å². The third-order valence-electron chi connectivity index (χ3n) is 2.08. The molecule has 14 heavy (non-hydrogen) atoms. The normalized spacial score (nSPS) is 10.1. The van der Waals surface area contributed by atoms with Gasteiger partial charge in [-0.15, -0.1) is 6.58 Å². The van der Waals surface area contributed by atoms with Crippen LogP contribution in [0.4, 0.5) is 0 Å². The van der Waals surface area contributed by atoms with E-state index in [-0.39, 0.29) is 6.61 Å². The monoisotopic (exact) mass is 193 g/mol. The zero-order chi connectivity index (χ0) is 10.4. The van der Waals surface area contributed by atoms with Crippen molar-refractivity contribution in [3.05, 3.63) is 43.5 Å². The Hall–Kier alpha value is -1.35. The molecular formula is C11H17N2O+. The molecule has 0 aliphatic carbocycles. The SMILES string of the molecule is C=CCc1n(CC=C)cc[n+]1CCO. The number of imidazole rings is 1. The Labute approximate surface area is 84.6 Å². The second-order valence-electron chi connectivity index (χ2n) is 3.07. The Morgan fingerprint density at radius 1 is 1.43 bits per heavy atom. The van der Waals surface area contributed by atoms with Gasteiger partial charge in [0.1, 0.15) is 25.5 Å². The van der Waals surface area contributed by atoms with Gasteiger partial charge in [-0.05, 0) is 0 Å². The van der Waals surface area contributed by atoms with Crippen LogP contribution >= 0.6 is 0 Å². The van der Waals surface area contributed by atoms with Crippen molar-refractivity contribution in [1.82, 2.24) is 4.57 Å². The van der Waals surface area contributed by atoms with Gasteiger partial charge in [-0.25, -0.2) is 9.13 Å². The lowest BCUT2D eigenvalue weighted by molar-refractivity contribution is -0.704. The molecule has 1 N–H and O–H groups in total. The molecule has 3 nitrogen and oxygen atoms in total. The van der Waals surface area contributed by atoms with Crippen molar-refractivity contribution in [3.63, 3.8) is 0 Å². The van der Waals surface area contributed by atoms with Crippen molar-refractivity contribution >= 4 is 0 Å². The minimum atomic E-state index is 0.160. The number of hydrogen-bond acceptors (Lipinski definition) is 1. The maximum atomic E-state index is 8.88. The fourth-order valence-corrected chi connectivity index (χ4v) is 1.48. The molecule has 0 saturated carbocycles. The van der Waals surface area contributed by atoms with Gasteiger partial charge < -0.3 is 5.11 Å². The standard InChI is InChI=1S/C11H17N2O/c1-3-5-11-12(6-4-2)7-8-13(11)9-10-14/h3-4,7-8,14H,1-2,5-6,9-10H2/q+1. The van der Waals surface area contributed by atoms with Gasteiger partial charge in [0, 0.05) is 0 Å². The molecule has 0 atom stereocenters. The Morgan fingerprint density at radius 2 is 2.21 bits per heavy atom. The smallest absolute Gasteiger partial charge is 0.260 e. The number of rotatable bonds is 6. The molecule has 3 heteroatoms. The van der Waals surface area contributed by atoms with Gasteiger partial charge in [0.15, 0.2) is 0 Å². The quantitative estimate of drug-likeness (QED) is 0.522. The van der Waals surface area contributed by atoms with Crippen molar-refractivity contribution in [3.8, 4) is 0 Å². The van der Waals surface area contributed by atoms with Gasteiger partial charge in [-0.3, -0.25) is 0 Å². The fraction of sp³-hybridized carbons (Fsp3) is 0.364. The fourth-order valence-electron chi connectivity index (χ4n) is 1.48. The van der Waals surface area contributed by atoms with E-state index in [9.17, 15) is 0 Å². The summed E-state index contributed by atoms with van der Waals surface area (Å²) in [5, 5.41) is 8.88. The molecule has 1 heterocycles. The molecule has 1 rings (SSSR count). The zero-order valence-electron chi connectivity index (χ0n) is 8.39. The summed E-state index contributed by atoms with van der Waals surface area (Å²) in [6.07, 6.45) is 8.49. The lowest BCUT2D eigenvalue weighted by Crippen LogP contribution is -2.38. The molecule has 0 fully saturated rings.